The minimum atomic E-state index is -0.847. The Morgan fingerprint density at radius 2 is 1.58 bits per heavy atom. The first-order valence-corrected chi connectivity index (χ1v) is 12.1. The molecule has 4 rings (SSSR count). The summed E-state index contributed by atoms with van der Waals surface area (Å²) in [7, 11) is 0. The maximum Gasteiger partial charge on any atom is 0.261 e. The molecule has 7 heteroatoms. The molecular formula is C26H27N3O3S. The zero-order chi connectivity index (χ0) is 23.0. The Balaban J connectivity index is 1.63. The molecule has 0 radical (unpaired) electrons. The van der Waals surface area contributed by atoms with Crippen molar-refractivity contribution in [1.29, 1.82) is 0 Å². The number of carbonyl (C=O) groups excluding carboxylic acids is 3. The van der Waals surface area contributed by atoms with Gasteiger partial charge in [-0.3, -0.25) is 19.3 Å². The third-order valence-corrected chi connectivity index (χ3v) is 6.64. The molecule has 0 spiro atoms. The first-order valence-electron chi connectivity index (χ1n) is 11.2. The molecule has 6 nitrogen and oxygen atoms in total. The van der Waals surface area contributed by atoms with Crippen molar-refractivity contribution in [3.63, 3.8) is 0 Å². The van der Waals surface area contributed by atoms with Crippen LogP contribution < -0.4 is 15.5 Å². The Morgan fingerprint density at radius 3 is 2.21 bits per heavy atom. The zero-order valence-corrected chi connectivity index (χ0v) is 19.1. The fourth-order valence-corrected chi connectivity index (χ4v) is 4.80. The van der Waals surface area contributed by atoms with Crippen LogP contribution in [0.15, 0.2) is 78.2 Å². The van der Waals surface area contributed by atoms with Crippen molar-refractivity contribution < 1.29 is 14.4 Å². The van der Waals surface area contributed by atoms with Gasteiger partial charge in [0.1, 0.15) is 6.04 Å². The summed E-state index contributed by atoms with van der Waals surface area (Å²) in [6, 6.07) is 21.2. The van der Waals surface area contributed by atoms with Crippen molar-refractivity contribution in [3.05, 3.63) is 88.6 Å². The highest BCUT2D eigenvalue weighted by Gasteiger charge is 2.34. The van der Waals surface area contributed by atoms with E-state index in [1.165, 1.54) is 16.2 Å². The second-order valence-corrected chi connectivity index (χ2v) is 9.01. The molecule has 1 fully saturated rings. The highest BCUT2D eigenvalue weighted by atomic mass is 32.1. The molecule has 1 aliphatic carbocycles. The lowest BCUT2D eigenvalue weighted by Crippen LogP contribution is -2.49. The topological polar surface area (TPSA) is 78.5 Å². The first-order chi connectivity index (χ1) is 16.1. The summed E-state index contributed by atoms with van der Waals surface area (Å²) in [5.74, 6) is -0.880. The van der Waals surface area contributed by atoms with Gasteiger partial charge in [0, 0.05) is 11.7 Å². The number of thiophene rings is 1. The van der Waals surface area contributed by atoms with E-state index < -0.39 is 6.04 Å². The van der Waals surface area contributed by atoms with Crippen LogP contribution in [-0.4, -0.2) is 30.3 Å². The molecule has 170 valence electrons. The Labute approximate surface area is 197 Å². The summed E-state index contributed by atoms with van der Waals surface area (Å²) in [5.41, 5.74) is 1.32. The van der Waals surface area contributed by atoms with E-state index in [4.69, 9.17) is 0 Å². The number of nitrogens with zero attached hydrogens (tertiary/aromatic N) is 1. The van der Waals surface area contributed by atoms with Gasteiger partial charge in [0.25, 0.3) is 5.91 Å². The number of para-hydroxylation sites is 1. The summed E-state index contributed by atoms with van der Waals surface area (Å²) in [5, 5.41) is 7.66. The highest BCUT2D eigenvalue weighted by Crippen LogP contribution is 2.29. The summed E-state index contributed by atoms with van der Waals surface area (Å²) >= 11 is 1.31. The van der Waals surface area contributed by atoms with E-state index in [9.17, 15) is 14.4 Å². The molecule has 3 aromatic rings. The summed E-state index contributed by atoms with van der Waals surface area (Å²) < 4.78 is 0. The van der Waals surface area contributed by atoms with Gasteiger partial charge in [-0.15, -0.1) is 11.3 Å². The van der Waals surface area contributed by atoms with Crippen LogP contribution in [0.25, 0.3) is 0 Å². The predicted molar refractivity (Wildman–Crippen MR) is 130 cm³/mol. The lowest BCUT2D eigenvalue weighted by atomic mass is 10.0. The van der Waals surface area contributed by atoms with E-state index in [1.54, 1.807) is 24.3 Å². The molecule has 0 aliphatic heterocycles. The number of hydrogen-bond donors (Lipinski definition) is 2. The Hall–Kier alpha value is -3.45. The number of nitrogens with one attached hydrogen (secondary N) is 2. The average Bonchev–Trinajstić information content (AvgIpc) is 3.56. The third-order valence-electron chi connectivity index (χ3n) is 5.77. The van der Waals surface area contributed by atoms with Gasteiger partial charge < -0.3 is 10.6 Å². The third kappa shape index (κ3) is 5.68. The van der Waals surface area contributed by atoms with Crippen LogP contribution in [0.4, 0.5) is 5.69 Å². The summed E-state index contributed by atoms with van der Waals surface area (Å²) in [4.78, 5) is 41.5. The molecule has 2 aromatic carbocycles. The van der Waals surface area contributed by atoms with Crippen molar-refractivity contribution >= 4 is 34.7 Å². The molecule has 3 amide bonds. The SMILES string of the molecule is O=C(NCC(=O)N(c1ccccc1)[C@@H](C(=O)NC1CCCC1)c1ccccc1)c1cccs1. The number of anilines is 1. The number of rotatable bonds is 8. The van der Waals surface area contributed by atoms with Crippen molar-refractivity contribution in [2.75, 3.05) is 11.4 Å². The van der Waals surface area contributed by atoms with Crippen molar-refractivity contribution in [2.24, 2.45) is 0 Å². The van der Waals surface area contributed by atoms with Gasteiger partial charge in [-0.25, -0.2) is 0 Å². The molecule has 1 aliphatic rings. The fraction of sp³-hybridized carbons (Fsp3) is 0.269. The zero-order valence-electron chi connectivity index (χ0n) is 18.3. The quantitative estimate of drug-likeness (QED) is 0.525. The molecule has 0 bridgehead atoms. The van der Waals surface area contributed by atoms with Crippen LogP contribution in [-0.2, 0) is 9.59 Å². The smallest absolute Gasteiger partial charge is 0.261 e. The van der Waals surface area contributed by atoms with Gasteiger partial charge in [-0.1, -0.05) is 67.4 Å². The van der Waals surface area contributed by atoms with Crippen LogP contribution in [0.5, 0.6) is 0 Å². The van der Waals surface area contributed by atoms with Gasteiger partial charge in [0.15, 0.2) is 0 Å². The number of hydrogen-bond acceptors (Lipinski definition) is 4. The molecule has 1 atom stereocenters. The van der Waals surface area contributed by atoms with Crippen LogP contribution in [0.2, 0.25) is 0 Å². The standard InChI is InChI=1S/C26H27N3O3S/c30-23(18-27-25(31)22-16-9-17-33-22)29(21-14-5-2-6-15-21)24(19-10-3-1-4-11-19)26(32)28-20-12-7-8-13-20/h1-6,9-11,14-17,20,24H,7-8,12-13,18H2,(H,27,31)(H,28,32)/t24-/m1/s1. The largest absolute Gasteiger partial charge is 0.351 e. The maximum absolute atomic E-state index is 13.6. The van der Waals surface area contributed by atoms with E-state index in [1.807, 2.05) is 53.9 Å². The summed E-state index contributed by atoms with van der Waals surface area (Å²) in [6.07, 6.45) is 4.08. The Bertz CT molecular complexity index is 1060. The first kappa shape index (κ1) is 22.7. The lowest BCUT2D eigenvalue weighted by Gasteiger charge is -2.32. The van der Waals surface area contributed by atoms with Gasteiger partial charge in [-0.2, -0.15) is 0 Å². The molecular weight excluding hydrogens is 434 g/mol. The normalized spacial score (nSPS) is 14.4. The summed E-state index contributed by atoms with van der Waals surface area (Å²) in [6.45, 7) is -0.217. The fourth-order valence-electron chi connectivity index (χ4n) is 4.16. The van der Waals surface area contributed by atoms with E-state index >= 15 is 0 Å². The predicted octanol–water partition coefficient (Wildman–Crippen LogP) is 4.31. The van der Waals surface area contributed by atoms with Gasteiger partial charge >= 0.3 is 0 Å². The number of amides is 3. The van der Waals surface area contributed by atoms with Crippen LogP contribution in [0, 0.1) is 0 Å². The lowest BCUT2D eigenvalue weighted by molar-refractivity contribution is -0.126. The van der Waals surface area contributed by atoms with Crippen LogP contribution in [0.3, 0.4) is 0 Å². The van der Waals surface area contributed by atoms with Gasteiger partial charge in [-0.05, 0) is 42.0 Å². The number of carbonyl (C=O) groups is 3. The molecule has 33 heavy (non-hydrogen) atoms. The van der Waals surface area contributed by atoms with Crippen LogP contribution in [0.1, 0.15) is 47.0 Å². The monoisotopic (exact) mass is 461 g/mol. The maximum atomic E-state index is 13.6. The Kier molecular flexibility index (Phi) is 7.52. The van der Waals surface area contributed by atoms with E-state index in [0.717, 1.165) is 31.2 Å². The van der Waals surface area contributed by atoms with Crippen molar-refractivity contribution in [2.45, 2.75) is 37.8 Å². The van der Waals surface area contributed by atoms with Crippen molar-refractivity contribution in [1.82, 2.24) is 10.6 Å². The van der Waals surface area contributed by atoms with Gasteiger partial charge in [0.2, 0.25) is 11.8 Å². The number of benzene rings is 2. The van der Waals surface area contributed by atoms with Gasteiger partial charge in [0.05, 0.1) is 11.4 Å². The van der Waals surface area contributed by atoms with E-state index in [-0.39, 0.29) is 30.3 Å². The molecule has 2 N–H and O–H groups in total. The minimum absolute atomic E-state index is 0.120. The second-order valence-electron chi connectivity index (χ2n) is 8.06. The average molecular weight is 462 g/mol. The van der Waals surface area contributed by atoms with Crippen molar-refractivity contribution in [3.8, 4) is 0 Å². The van der Waals surface area contributed by atoms with E-state index in [2.05, 4.69) is 10.6 Å². The minimum Gasteiger partial charge on any atom is -0.351 e. The van der Waals surface area contributed by atoms with Crippen LogP contribution >= 0.6 is 11.3 Å². The molecule has 0 saturated heterocycles. The Morgan fingerprint density at radius 1 is 0.909 bits per heavy atom. The molecule has 0 unspecified atom stereocenters. The molecule has 1 heterocycles. The highest BCUT2D eigenvalue weighted by molar-refractivity contribution is 7.12. The molecule has 1 saturated carbocycles. The van der Waals surface area contributed by atoms with E-state index in [0.29, 0.717) is 10.6 Å². The molecule has 1 aromatic heterocycles. The second kappa shape index (κ2) is 10.9.